The van der Waals surface area contributed by atoms with Crippen LogP contribution in [0.3, 0.4) is 0 Å². The summed E-state index contributed by atoms with van der Waals surface area (Å²) >= 11 is 0. The molecule has 0 amide bonds. The fraction of sp³-hybridized carbons (Fsp3) is 0.333. The zero-order valence-electron chi connectivity index (χ0n) is 8.90. The Labute approximate surface area is 92.8 Å². The third-order valence-corrected chi connectivity index (χ3v) is 2.85. The van der Waals surface area contributed by atoms with Gasteiger partial charge in [-0.15, -0.1) is 0 Å². The molecule has 0 saturated carbocycles. The molecule has 4 heteroatoms. The van der Waals surface area contributed by atoms with Gasteiger partial charge in [0, 0.05) is 17.9 Å². The van der Waals surface area contributed by atoms with Gasteiger partial charge in [0.25, 0.3) is 0 Å². The van der Waals surface area contributed by atoms with Gasteiger partial charge >= 0.3 is 5.97 Å². The minimum absolute atomic E-state index is 0.00803. The van der Waals surface area contributed by atoms with Crippen molar-refractivity contribution in [3.63, 3.8) is 0 Å². The van der Waals surface area contributed by atoms with Crippen molar-refractivity contribution < 1.29 is 19.4 Å². The summed E-state index contributed by atoms with van der Waals surface area (Å²) < 4.78 is 5.07. The molecule has 0 radical (unpaired) electrons. The number of benzene rings is 1. The molecule has 1 aliphatic rings. The lowest BCUT2D eigenvalue weighted by Crippen LogP contribution is -2.03. The number of rotatable bonds is 3. The van der Waals surface area contributed by atoms with Crippen LogP contribution in [-0.4, -0.2) is 24.0 Å². The fourth-order valence-electron chi connectivity index (χ4n) is 2.10. The van der Waals surface area contributed by atoms with Gasteiger partial charge in [0.15, 0.2) is 5.78 Å². The topological polar surface area (TPSA) is 63.6 Å². The molecule has 0 spiro atoms. The number of carbonyl (C=O) groups is 2. The molecule has 84 valence electrons. The minimum Gasteiger partial charge on any atom is -0.497 e. The largest absolute Gasteiger partial charge is 0.497 e. The van der Waals surface area contributed by atoms with Crippen molar-refractivity contribution in [2.24, 2.45) is 0 Å². The highest BCUT2D eigenvalue weighted by atomic mass is 16.5. The maximum Gasteiger partial charge on any atom is 0.303 e. The first-order chi connectivity index (χ1) is 7.61. The molecule has 16 heavy (non-hydrogen) atoms. The number of methoxy groups -OCH3 is 1. The van der Waals surface area contributed by atoms with Crippen molar-refractivity contribution in [3.05, 3.63) is 29.3 Å². The summed E-state index contributed by atoms with van der Waals surface area (Å²) in [5.74, 6) is -0.420. The van der Waals surface area contributed by atoms with E-state index in [1.807, 2.05) is 0 Å². The zero-order chi connectivity index (χ0) is 11.7. The number of fused-ring (bicyclic) bond motifs is 1. The lowest BCUT2D eigenvalue weighted by Gasteiger charge is -2.08. The number of ether oxygens (including phenoxy) is 1. The fourth-order valence-corrected chi connectivity index (χ4v) is 2.10. The zero-order valence-corrected chi connectivity index (χ0v) is 8.90. The summed E-state index contributed by atoms with van der Waals surface area (Å²) in [6, 6.07) is 5.19. The van der Waals surface area contributed by atoms with Gasteiger partial charge in [-0.1, -0.05) is 0 Å². The molecule has 2 rings (SSSR count). The number of Topliss-reactive ketones (excluding diaryl/α,β-unsaturated/α-hetero) is 1. The number of aliphatic carboxylic acids is 1. The van der Waals surface area contributed by atoms with E-state index in [-0.39, 0.29) is 24.5 Å². The van der Waals surface area contributed by atoms with Crippen LogP contribution in [0.2, 0.25) is 0 Å². The van der Waals surface area contributed by atoms with Crippen molar-refractivity contribution in [2.75, 3.05) is 7.11 Å². The summed E-state index contributed by atoms with van der Waals surface area (Å²) in [4.78, 5) is 22.3. The third-order valence-electron chi connectivity index (χ3n) is 2.85. The van der Waals surface area contributed by atoms with Crippen molar-refractivity contribution in [1.82, 2.24) is 0 Å². The van der Waals surface area contributed by atoms with E-state index in [1.165, 1.54) is 0 Å². The normalized spacial score (nSPS) is 18.3. The molecule has 1 aliphatic carbocycles. The second-order valence-corrected chi connectivity index (χ2v) is 3.88. The molecule has 0 bridgehead atoms. The molecule has 1 unspecified atom stereocenters. The first-order valence-electron chi connectivity index (χ1n) is 5.04. The third kappa shape index (κ3) is 1.78. The van der Waals surface area contributed by atoms with Crippen LogP contribution in [0, 0.1) is 0 Å². The Balaban J connectivity index is 2.38. The monoisotopic (exact) mass is 220 g/mol. The minimum atomic E-state index is -0.881. The molecule has 0 fully saturated rings. The molecule has 0 aliphatic heterocycles. The van der Waals surface area contributed by atoms with Crippen molar-refractivity contribution in [3.8, 4) is 5.75 Å². The van der Waals surface area contributed by atoms with Crippen LogP contribution < -0.4 is 4.74 Å². The van der Waals surface area contributed by atoms with E-state index in [4.69, 9.17) is 9.84 Å². The number of carboxylic acid groups (broad SMARTS) is 1. The average Bonchev–Trinajstić information content (AvgIpc) is 2.54. The summed E-state index contributed by atoms with van der Waals surface area (Å²) in [6.45, 7) is 0. The SMILES string of the molecule is COc1ccc2c(c1)C(CC(=O)O)CC2=O. The van der Waals surface area contributed by atoms with E-state index in [0.29, 0.717) is 11.3 Å². The molecule has 1 aromatic carbocycles. The van der Waals surface area contributed by atoms with E-state index in [9.17, 15) is 9.59 Å². The van der Waals surface area contributed by atoms with Crippen molar-refractivity contribution in [1.29, 1.82) is 0 Å². The summed E-state index contributed by atoms with van der Waals surface area (Å²) in [5.41, 5.74) is 1.43. The highest BCUT2D eigenvalue weighted by Crippen LogP contribution is 2.37. The highest BCUT2D eigenvalue weighted by molar-refractivity contribution is 6.02. The van der Waals surface area contributed by atoms with Gasteiger partial charge in [0.1, 0.15) is 5.75 Å². The van der Waals surface area contributed by atoms with E-state index < -0.39 is 5.97 Å². The van der Waals surface area contributed by atoms with Gasteiger partial charge in [0.2, 0.25) is 0 Å². The Hall–Kier alpha value is -1.84. The maximum atomic E-state index is 11.6. The second-order valence-electron chi connectivity index (χ2n) is 3.88. The Morgan fingerprint density at radius 3 is 2.94 bits per heavy atom. The van der Waals surface area contributed by atoms with Gasteiger partial charge in [0.05, 0.1) is 13.5 Å². The number of hydrogen-bond acceptors (Lipinski definition) is 3. The van der Waals surface area contributed by atoms with E-state index in [0.717, 1.165) is 5.56 Å². The average molecular weight is 220 g/mol. The second kappa shape index (κ2) is 3.96. The summed E-state index contributed by atoms with van der Waals surface area (Å²) in [7, 11) is 1.55. The quantitative estimate of drug-likeness (QED) is 0.844. The Morgan fingerprint density at radius 1 is 1.56 bits per heavy atom. The van der Waals surface area contributed by atoms with Gasteiger partial charge < -0.3 is 9.84 Å². The predicted octanol–water partition coefficient (Wildman–Crippen LogP) is 1.84. The van der Waals surface area contributed by atoms with Crippen LogP contribution in [0.15, 0.2) is 18.2 Å². The lowest BCUT2D eigenvalue weighted by atomic mass is 9.98. The van der Waals surface area contributed by atoms with E-state index in [1.54, 1.807) is 25.3 Å². The van der Waals surface area contributed by atoms with Gasteiger partial charge in [-0.3, -0.25) is 9.59 Å². The summed E-state index contributed by atoms with van der Waals surface area (Å²) in [5, 5.41) is 8.77. The van der Waals surface area contributed by atoms with Crippen LogP contribution in [0.5, 0.6) is 5.75 Å². The number of hydrogen-bond donors (Lipinski definition) is 1. The molecule has 0 saturated heterocycles. The standard InChI is InChI=1S/C12H12O4/c1-16-8-2-3-9-10(6-8)7(4-11(9)13)5-12(14)15/h2-3,6-7H,4-5H2,1H3,(H,14,15). The van der Waals surface area contributed by atoms with Crippen LogP contribution in [-0.2, 0) is 4.79 Å². The number of carboxylic acids is 1. The molecule has 4 nitrogen and oxygen atoms in total. The Morgan fingerprint density at radius 2 is 2.31 bits per heavy atom. The smallest absolute Gasteiger partial charge is 0.303 e. The molecule has 0 heterocycles. The van der Waals surface area contributed by atoms with Gasteiger partial charge in [-0.25, -0.2) is 0 Å². The predicted molar refractivity (Wildman–Crippen MR) is 56.9 cm³/mol. The van der Waals surface area contributed by atoms with Crippen LogP contribution in [0.4, 0.5) is 0 Å². The van der Waals surface area contributed by atoms with E-state index >= 15 is 0 Å². The maximum absolute atomic E-state index is 11.6. The Kier molecular flexibility index (Phi) is 2.64. The van der Waals surface area contributed by atoms with Crippen molar-refractivity contribution in [2.45, 2.75) is 18.8 Å². The molecular weight excluding hydrogens is 208 g/mol. The molecule has 1 atom stereocenters. The molecular formula is C12H12O4. The first kappa shape index (κ1) is 10.7. The highest BCUT2D eigenvalue weighted by Gasteiger charge is 2.30. The van der Waals surface area contributed by atoms with Crippen molar-refractivity contribution >= 4 is 11.8 Å². The van der Waals surface area contributed by atoms with Gasteiger partial charge in [-0.05, 0) is 23.8 Å². The molecule has 1 N–H and O–H groups in total. The first-order valence-corrected chi connectivity index (χ1v) is 5.04. The van der Waals surface area contributed by atoms with E-state index in [2.05, 4.69) is 0 Å². The van der Waals surface area contributed by atoms with Gasteiger partial charge in [-0.2, -0.15) is 0 Å². The molecule has 0 aromatic heterocycles. The lowest BCUT2D eigenvalue weighted by molar-refractivity contribution is -0.137. The van der Waals surface area contributed by atoms with Crippen LogP contribution >= 0.6 is 0 Å². The van der Waals surface area contributed by atoms with Crippen LogP contribution in [0.1, 0.15) is 34.7 Å². The number of ketones is 1. The number of carbonyl (C=O) groups excluding carboxylic acids is 1. The summed E-state index contributed by atoms with van der Waals surface area (Å²) in [6.07, 6.45) is 0.278. The van der Waals surface area contributed by atoms with Crippen LogP contribution in [0.25, 0.3) is 0 Å². The molecule has 1 aromatic rings. The Bertz CT molecular complexity index is 448.